The second-order valence-corrected chi connectivity index (χ2v) is 5.21. The van der Waals surface area contributed by atoms with E-state index in [1.54, 1.807) is 26.1 Å². The van der Waals surface area contributed by atoms with Gasteiger partial charge in [0, 0.05) is 12.5 Å². The van der Waals surface area contributed by atoms with Crippen LogP contribution in [0.15, 0.2) is 0 Å². The Labute approximate surface area is 108 Å². The quantitative estimate of drug-likeness (QED) is 0.826. The predicted molar refractivity (Wildman–Crippen MR) is 56.9 cm³/mol. The van der Waals surface area contributed by atoms with E-state index in [4.69, 9.17) is 14.2 Å². The molecule has 1 amide bonds. The molecule has 0 bridgehead atoms. The van der Waals surface area contributed by atoms with Crippen molar-refractivity contribution in [2.75, 3.05) is 6.54 Å². The molecule has 0 aromatic rings. The molecule has 2 aliphatic rings. The van der Waals surface area contributed by atoms with Crippen LogP contribution in [0.4, 0.5) is 13.2 Å². The monoisotopic (exact) mass is 283 g/mol. The van der Waals surface area contributed by atoms with Crippen LogP contribution in [0, 0.1) is 5.92 Å². The molecule has 1 N–H and O–H groups in total. The van der Waals surface area contributed by atoms with E-state index in [1.807, 2.05) is 0 Å². The van der Waals surface area contributed by atoms with Crippen LogP contribution in [0.2, 0.25) is 0 Å². The minimum atomic E-state index is -4.88. The number of nitrogens with one attached hydrogen (secondary N) is 1. The molecule has 4 atom stereocenters. The Morgan fingerprint density at radius 3 is 2.47 bits per heavy atom. The maximum absolute atomic E-state index is 12.1. The van der Waals surface area contributed by atoms with Gasteiger partial charge in [0.1, 0.15) is 6.10 Å². The molecule has 0 radical (unpaired) electrons. The first kappa shape index (κ1) is 14.5. The first-order valence-corrected chi connectivity index (χ1v) is 5.96. The van der Waals surface area contributed by atoms with Crippen LogP contribution in [-0.4, -0.2) is 42.9 Å². The van der Waals surface area contributed by atoms with Crippen molar-refractivity contribution in [1.82, 2.24) is 5.32 Å². The number of alkyl halides is 3. The Morgan fingerprint density at radius 2 is 1.95 bits per heavy atom. The summed E-state index contributed by atoms with van der Waals surface area (Å²) in [5.74, 6) is -2.90. The van der Waals surface area contributed by atoms with Crippen molar-refractivity contribution in [2.45, 2.75) is 51.2 Å². The van der Waals surface area contributed by atoms with E-state index in [9.17, 15) is 18.0 Å². The highest BCUT2D eigenvalue weighted by Gasteiger charge is 2.53. The van der Waals surface area contributed by atoms with Gasteiger partial charge in [-0.25, -0.2) is 0 Å². The van der Waals surface area contributed by atoms with Crippen LogP contribution in [-0.2, 0) is 19.0 Å². The molecule has 0 spiro atoms. The smallest absolute Gasteiger partial charge is 0.346 e. The van der Waals surface area contributed by atoms with Crippen molar-refractivity contribution >= 4 is 5.91 Å². The molecular weight excluding hydrogens is 267 g/mol. The summed E-state index contributed by atoms with van der Waals surface area (Å²) in [7, 11) is 0. The molecule has 2 fully saturated rings. The third kappa shape index (κ3) is 3.01. The zero-order chi connectivity index (χ0) is 14.4. The van der Waals surface area contributed by atoms with E-state index in [1.165, 1.54) is 0 Å². The highest BCUT2D eigenvalue weighted by Crippen LogP contribution is 2.40. The number of ether oxygens (including phenoxy) is 3. The van der Waals surface area contributed by atoms with Gasteiger partial charge in [0.15, 0.2) is 12.1 Å². The molecule has 0 aromatic heterocycles. The van der Waals surface area contributed by atoms with Gasteiger partial charge in [0.25, 0.3) is 0 Å². The lowest BCUT2D eigenvalue weighted by molar-refractivity contribution is -0.209. The number of hydrogen-bond acceptors (Lipinski definition) is 4. The summed E-state index contributed by atoms with van der Waals surface area (Å²) in [4.78, 5) is 10.7. The Balaban J connectivity index is 1.87. The van der Waals surface area contributed by atoms with E-state index < -0.39 is 30.3 Å². The van der Waals surface area contributed by atoms with Gasteiger partial charge >= 0.3 is 12.1 Å². The predicted octanol–water partition coefficient (Wildman–Crippen LogP) is 1.18. The topological polar surface area (TPSA) is 56.8 Å². The van der Waals surface area contributed by atoms with Gasteiger partial charge in [-0.3, -0.25) is 4.79 Å². The van der Waals surface area contributed by atoms with Crippen LogP contribution < -0.4 is 5.32 Å². The van der Waals surface area contributed by atoms with Crippen LogP contribution in [0.3, 0.4) is 0 Å². The molecule has 2 unspecified atom stereocenters. The third-order valence-corrected chi connectivity index (χ3v) is 3.22. The van der Waals surface area contributed by atoms with Crippen molar-refractivity contribution in [3.8, 4) is 0 Å². The fourth-order valence-electron chi connectivity index (χ4n) is 2.25. The number of hydrogen-bond donors (Lipinski definition) is 1. The van der Waals surface area contributed by atoms with Crippen molar-refractivity contribution < 1.29 is 32.2 Å². The molecule has 0 aliphatic carbocycles. The maximum Gasteiger partial charge on any atom is 0.471 e. The summed E-state index contributed by atoms with van der Waals surface area (Å²) in [5.41, 5.74) is 0. The molecule has 2 aliphatic heterocycles. The van der Waals surface area contributed by atoms with Crippen LogP contribution in [0.25, 0.3) is 0 Å². The van der Waals surface area contributed by atoms with Crippen LogP contribution in [0.5, 0.6) is 0 Å². The number of carbonyl (C=O) groups is 1. The van der Waals surface area contributed by atoms with E-state index in [0.717, 1.165) is 0 Å². The zero-order valence-corrected chi connectivity index (χ0v) is 10.8. The standard InChI is InChI=1S/C11H16F3NO4/c1-5-6(4-15-9(16)11(12,13)14)17-8-7(5)18-10(2,3)19-8/h5-8H,4H2,1-3H3,(H,15,16)/t5-,6+,7?,8?/m0/s1. The number of halogens is 3. The van der Waals surface area contributed by atoms with Crippen molar-refractivity contribution in [1.29, 1.82) is 0 Å². The summed E-state index contributed by atoms with van der Waals surface area (Å²) in [5, 5.41) is 1.80. The summed E-state index contributed by atoms with van der Waals surface area (Å²) >= 11 is 0. The second-order valence-electron chi connectivity index (χ2n) is 5.21. The SMILES string of the molecule is C[C@@H]1C2OC(C)(C)OC2O[C@@H]1CNC(=O)C(F)(F)F. The molecule has 2 rings (SSSR count). The molecule has 8 heteroatoms. The van der Waals surface area contributed by atoms with Crippen molar-refractivity contribution in [3.63, 3.8) is 0 Å². The lowest BCUT2D eigenvalue weighted by Gasteiger charge is -2.23. The van der Waals surface area contributed by atoms with E-state index in [2.05, 4.69) is 0 Å². The first-order chi connectivity index (χ1) is 8.60. The molecule has 0 aromatic carbocycles. The molecule has 2 heterocycles. The number of rotatable bonds is 2. The van der Waals surface area contributed by atoms with E-state index >= 15 is 0 Å². The average Bonchev–Trinajstić information content (AvgIpc) is 2.69. The van der Waals surface area contributed by atoms with Gasteiger partial charge < -0.3 is 19.5 Å². The minimum absolute atomic E-state index is 0.166. The minimum Gasteiger partial charge on any atom is -0.346 e. The zero-order valence-electron chi connectivity index (χ0n) is 10.8. The fourth-order valence-corrected chi connectivity index (χ4v) is 2.25. The first-order valence-electron chi connectivity index (χ1n) is 5.96. The lowest BCUT2D eigenvalue weighted by atomic mass is 10.0. The Kier molecular flexibility index (Phi) is 3.53. The van der Waals surface area contributed by atoms with Gasteiger partial charge in [-0.05, 0) is 13.8 Å². The highest BCUT2D eigenvalue weighted by molar-refractivity contribution is 5.81. The van der Waals surface area contributed by atoms with Gasteiger partial charge in [-0.1, -0.05) is 6.92 Å². The van der Waals surface area contributed by atoms with Gasteiger partial charge in [0.2, 0.25) is 0 Å². The van der Waals surface area contributed by atoms with Crippen LogP contribution in [0.1, 0.15) is 20.8 Å². The molecule has 0 saturated carbocycles. The Hall–Kier alpha value is -0.860. The second kappa shape index (κ2) is 4.60. The largest absolute Gasteiger partial charge is 0.471 e. The van der Waals surface area contributed by atoms with Crippen molar-refractivity contribution in [2.24, 2.45) is 5.92 Å². The maximum atomic E-state index is 12.1. The number of amides is 1. The lowest BCUT2D eigenvalue weighted by Crippen LogP contribution is -2.43. The van der Waals surface area contributed by atoms with Crippen molar-refractivity contribution in [3.05, 3.63) is 0 Å². The van der Waals surface area contributed by atoms with E-state index in [-0.39, 0.29) is 18.6 Å². The van der Waals surface area contributed by atoms with Gasteiger partial charge in [-0.15, -0.1) is 0 Å². The summed E-state index contributed by atoms with van der Waals surface area (Å²) in [6.07, 6.45) is -6.37. The highest BCUT2D eigenvalue weighted by atomic mass is 19.4. The average molecular weight is 283 g/mol. The van der Waals surface area contributed by atoms with Gasteiger partial charge in [0.05, 0.1) is 6.10 Å². The number of carbonyl (C=O) groups excluding carboxylic acids is 1. The van der Waals surface area contributed by atoms with Gasteiger partial charge in [-0.2, -0.15) is 13.2 Å². The Bertz CT molecular complexity index is 371. The fraction of sp³-hybridized carbons (Fsp3) is 0.909. The van der Waals surface area contributed by atoms with E-state index in [0.29, 0.717) is 0 Å². The molecule has 19 heavy (non-hydrogen) atoms. The third-order valence-electron chi connectivity index (χ3n) is 3.22. The summed E-state index contributed by atoms with van der Waals surface area (Å²) in [6.45, 7) is 5.04. The summed E-state index contributed by atoms with van der Waals surface area (Å²) in [6, 6.07) is 0. The Morgan fingerprint density at radius 1 is 1.32 bits per heavy atom. The number of fused-ring (bicyclic) bond motifs is 1. The normalized spacial score (nSPS) is 37.2. The van der Waals surface area contributed by atoms with Crippen LogP contribution >= 0.6 is 0 Å². The molecule has 2 saturated heterocycles. The molecule has 5 nitrogen and oxygen atoms in total. The molecular formula is C11H16F3NO4. The molecule has 110 valence electrons. The summed E-state index contributed by atoms with van der Waals surface area (Å²) < 4.78 is 52.7.